The van der Waals surface area contributed by atoms with Crippen LogP contribution >= 0.6 is 0 Å². The Bertz CT molecular complexity index is 660. The average Bonchev–Trinajstić information content (AvgIpc) is 2.85. The number of rotatable bonds is 5. The predicted octanol–water partition coefficient (Wildman–Crippen LogP) is 0.236. The van der Waals surface area contributed by atoms with E-state index in [0.717, 1.165) is 23.9 Å². The van der Waals surface area contributed by atoms with Gasteiger partial charge in [-0.2, -0.15) is 5.10 Å². The Hall–Kier alpha value is -2.28. The van der Waals surface area contributed by atoms with Gasteiger partial charge in [-0.3, -0.25) is 4.57 Å². The average molecular weight is 290 g/mol. The minimum atomic E-state index is -0.0650. The van der Waals surface area contributed by atoms with Crippen LogP contribution in [0.2, 0.25) is 0 Å². The molecule has 0 bridgehead atoms. The highest BCUT2D eigenvalue weighted by molar-refractivity contribution is 5.31. The van der Waals surface area contributed by atoms with Gasteiger partial charge in [0.25, 0.3) is 0 Å². The van der Waals surface area contributed by atoms with Crippen LogP contribution in [-0.2, 0) is 19.6 Å². The van der Waals surface area contributed by atoms with Gasteiger partial charge in [0.05, 0.1) is 20.2 Å². The van der Waals surface area contributed by atoms with Crippen molar-refractivity contribution >= 4 is 0 Å². The van der Waals surface area contributed by atoms with Crippen molar-refractivity contribution in [2.45, 2.75) is 19.6 Å². The summed E-state index contributed by atoms with van der Waals surface area (Å²) in [5.74, 6) is 2.32. The molecule has 2 aromatic rings. The van der Waals surface area contributed by atoms with Gasteiger partial charge in [0.1, 0.15) is 23.9 Å². The number of ether oxygens (including phenoxy) is 2. The second-order valence-electron chi connectivity index (χ2n) is 4.77. The number of hydrogen-bond donors (Lipinski definition) is 1. The van der Waals surface area contributed by atoms with E-state index in [1.807, 2.05) is 24.3 Å². The molecule has 21 heavy (non-hydrogen) atoms. The normalized spacial score (nSPS) is 13.8. The lowest BCUT2D eigenvalue weighted by atomic mass is 10.3. The largest absolute Gasteiger partial charge is 0.497 e. The van der Waals surface area contributed by atoms with Crippen LogP contribution in [0.5, 0.6) is 11.5 Å². The Balaban J connectivity index is 1.60. The number of methoxy groups -OCH3 is 1. The van der Waals surface area contributed by atoms with Gasteiger partial charge in [0, 0.05) is 13.1 Å². The van der Waals surface area contributed by atoms with Crippen LogP contribution in [0.4, 0.5) is 0 Å². The first-order valence-corrected chi connectivity index (χ1v) is 6.92. The van der Waals surface area contributed by atoms with Gasteiger partial charge in [-0.15, -0.1) is 0 Å². The van der Waals surface area contributed by atoms with E-state index in [2.05, 4.69) is 10.4 Å². The Morgan fingerprint density at radius 2 is 2.05 bits per heavy atom. The van der Waals surface area contributed by atoms with Crippen molar-refractivity contribution in [3.63, 3.8) is 0 Å². The van der Waals surface area contributed by atoms with Gasteiger partial charge in [0.15, 0.2) is 0 Å². The molecule has 0 spiro atoms. The highest BCUT2D eigenvalue weighted by Gasteiger charge is 2.15. The summed E-state index contributed by atoms with van der Waals surface area (Å²) in [6.45, 7) is 2.96. The molecule has 3 rings (SSSR count). The molecule has 0 saturated heterocycles. The number of nitrogens with zero attached hydrogens (tertiary/aromatic N) is 3. The van der Waals surface area contributed by atoms with Crippen molar-refractivity contribution in [1.29, 1.82) is 0 Å². The van der Waals surface area contributed by atoms with Crippen LogP contribution < -0.4 is 20.5 Å². The lowest BCUT2D eigenvalue weighted by molar-refractivity contribution is 0.287. The van der Waals surface area contributed by atoms with Crippen LogP contribution in [0.1, 0.15) is 5.82 Å². The lowest BCUT2D eigenvalue weighted by Crippen LogP contribution is -2.34. The van der Waals surface area contributed by atoms with E-state index in [-0.39, 0.29) is 5.69 Å². The molecule has 1 aliphatic rings. The van der Waals surface area contributed by atoms with Gasteiger partial charge < -0.3 is 14.8 Å². The van der Waals surface area contributed by atoms with Crippen molar-refractivity contribution < 1.29 is 9.47 Å². The molecule has 0 atom stereocenters. The van der Waals surface area contributed by atoms with Crippen LogP contribution in [0.3, 0.4) is 0 Å². The van der Waals surface area contributed by atoms with Crippen molar-refractivity contribution in [2.24, 2.45) is 0 Å². The van der Waals surface area contributed by atoms with Crippen molar-refractivity contribution in [3.8, 4) is 11.5 Å². The van der Waals surface area contributed by atoms with E-state index in [0.29, 0.717) is 26.2 Å². The number of fused-ring (bicyclic) bond motifs is 1. The first kappa shape index (κ1) is 13.7. The van der Waals surface area contributed by atoms with Gasteiger partial charge in [-0.25, -0.2) is 9.48 Å². The fourth-order valence-corrected chi connectivity index (χ4v) is 2.30. The molecule has 1 aromatic carbocycles. The topological polar surface area (TPSA) is 70.3 Å². The monoisotopic (exact) mass is 290 g/mol. The van der Waals surface area contributed by atoms with Crippen LogP contribution in [0.25, 0.3) is 0 Å². The maximum absolute atomic E-state index is 12.1. The highest BCUT2D eigenvalue weighted by atomic mass is 16.5. The SMILES string of the molecule is COc1ccc(OCCn2nc3n(c2=O)CCNC3)cc1. The molecule has 112 valence electrons. The molecule has 7 nitrogen and oxygen atoms in total. The predicted molar refractivity (Wildman–Crippen MR) is 76.7 cm³/mol. The van der Waals surface area contributed by atoms with E-state index in [1.54, 1.807) is 11.7 Å². The molecule has 7 heteroatoms. The maximum atomic E-state index is 12.1. The van der Waals surface area contributed by atoms with E-state index in [9.17, 15) is 4.79 Å². The second kappa shape index (κ2) is 6.01. The Kier molecular flexibility index (Phi) is 3.92. The second-order valence-corrected chi connectivity index (χ2v) is 4.77. The third-order valence-electron chi connectivity index (χ3n) is 3.43. The molecule has 2 heterocycles. The van der Waals surface area contributed by atoms with Gasteiger partial charge in [-0.1, -0.05) is 0 Å². The molecule has 1 aliphatic heterocycles. The summed E-state index contributed by atoms with van der Waals surface area (Å²) >= 11 is 0. The zero-order chi connectivity index (χ0) is 14.7. The summed E-state index contributed by atoms with van der Waals surface area (Å²) in [7, 11) is 1.62. The quantitative estimate of drug-likeness (QED) is 0.854. The van der Waals surface area contributed by atoms with Gasteiger partial charge >= 0.3 is 5.69 Å². The van der Waals surface area contributed by atoms with Crippen LogP contribution in [0, 0.1) is 0 Å². The number of nitrogens with one attached hydrogen (secondary N) is 1. The molecule has 0 unspecified atom stereocenters. The standard InChI is InChI=1S/C14H18N4O3/c1-20-11-2-4-12(5-3-11)21-9-8-18-14(19)17-7-6-15-10-13(17)16-18/h2-5,15H,6-10H2,1H3. The molecule has 1 N–H and O–H groups in total. The third-order valence-corrected chi connectivity index (χ3v) is 3.43. The molecular formula is C14H18N4O3. The molecule has 0 fully saturated rings. The summed E-state index contributed by atoms with van der Waals surface area (Å²) < 4.78 is 13.9. The Morgan fingerprint density at radius 3 is 2.76 bits per heavy atom. The van der Waals surface area contributed by atoms with E-state index in [4.69, 9.17) is 9.47 Å². The van der Waals surface area contributed by atoms with E-state index < -0.39 is 0 Å². The number of aromatic nitrogens is 3. The maximum Gasteiger partial charge on any atom is 0.346 e. The summed E-state index contributed by atoms with van der Waals surface area (Å²) in [6.07, 6.45) is 0. The van der Waals surface area contributed by atoms with Gasteiger partial charge in [0.2, 0.25) is 0 Å². The number of benzene rings is 1. The highest BCUT2D eigenvalue weighted by Crippen LogP contribution is 2.16. The molecule has 0 saturated carbocycles. The zero-order valence-corrected chi connectivity index (χ0v) is 11.9. The van der Waals surface area contributed by atoms with Crippen LogP contribution in [0.15, 0.2) is 29.1 Å². The minimum absolute atomic E-state index is 0.0650. The summed E-state index contributed by atoms with van der Waals surface area (Å²) in [5, 5.41) is 7.51. The summed E-state index contributed by atoms with van der Waals surface area (Å²) in [4.78, 5) is 12.1. The zero-order valence-electron chi connectivity index (χ0n) is 11.9. The van der Waals surface area contributed by atoms with Crippen molar-refractivity contribution in [3.05, 3.63) is 40.6 Å². The Morgan fingerprint density at radius 1 is 1.29 bits per heavy atom. The minimum Gasteiger partial charge on any atom is -0.497 e. The van der Waals surface area contributed by atoms with Crippen LogP contribution in [-0.4, -0.2) is 34.6 Å². The molecule has 0 radical (unpaired) electrons. The van der Waals surface area contributed by atoms with E-state index in [1.165, 1.54) is 4.68 Å². The van der Waals surface area contributed by atoms with Gasteiger partial charge in [-0.05, 0) is 24.3 Å². The summed E-state index contributed by atoms with van der Waals surface area (Å²) in [5.41, 5.74) is -0.0650. The number of hydrogen-bond acceptors (Lipinski definition) is 5. The molecule has 0 aliphatic carbocycles. The third kappa shape index (κ3) is 2.92. The lowest BCUT2D eigenvalue weighted by Gasteiger charge is -2.11. The first-order valence-electron chi connectivity index (χ1n) is 6.92. The van der Waals surface area contributed by atoms with Crippen molar-refractivity contribution in [2.75, 3.05) is 20.3 Å². The Labute approximate surface area is 122 Å². The summed E-state index contributed by atoms with van der Waals surface area (Å²) in [6, 6.07) is 7.35. The van der Waals surface area contributed by atoms with Crippen molar-refractivity contribution in [1.82, 2.24) is 19.7 Å². The fourth-order valence-electron chi connectivity index (χ4n) is 2.30. The fraction of sp³-hybridized carbons (Fsp3) is 0.429. The molecule has 1 aromatic heterocycles. The molecular weight excluding hydrogens is 272 g/mol. The smallest absolute Gasteiger partial charge is 0.346 e. The first-order chi connectivity index (χ1) is 10.3. The van der Waals surface area contributed by atoms with E-state index >= 15 is 0 Å². The molecule has 0 amide bonds.